The summed E-state index contributed by atoms with van der Waals surface area (Å²) in [4.78, 5) is 12.8. The number of ether oxygens (including phenoxy) is 4. The summed E-state index contributed by atoms with van der Waals surface area (Å²) in [6, 6.07) is 9.78. The lowest BCUT2D eigenvalue weighted by Gasteiger charge is -2.31. The van der Waals surface area contributed by atoms with Crippen LogP contribution in [0.15, 0.2) is 41.3 Å². The molecule has 1 saturated heterocycles. The van der Waals surface area contributed by atoms with E-state index >= 15 is 0 Å². The molecule has 1 fully saturated rings. The molecule has 9 nitrogen and oxygen atoms in total. The molecule has 0 atom stereocenters. The summed E-state index contributed by atoms with van der Waals surface area (Å²) in [7, 11) is 2.16. The van der Waals surface area contributed by atoms with E-state index in [4.69, 9.17) is 18.9 Å². The van der Waals surface area contributed by atoms with Gasteiger partial charge in [-0.2, -0.15) is 4.31 Å². The number of benzene rings is 2. The predicted octanol–water partition coefficient (Wildman–Crippen LogP) is 2.76. The van der Waals surface area contributed by atoms with Crippen molar-refractivity contribution >= 4 is 21.6 Å². The van der Waals surface area contributed by atoms with E-state index in [1.165, 1.54) is 31.7 Å². The fourth-order valence-electron chi connectivity index (χ4n) is 3.62. The van der Waals surface area contributed by atoms with Crippen LogP contribution in [0, 0.1) is 5.92 Å². The molecule has 1 N–H and O–H groups in total. The van der Waals surface area contributed by atoms with Gasteiger partial charge in [0.25, 0.3) is 0 Å². The second-order valence-electron chi connectivity index (χ2n) is 7.25. The molecule has 0 unspecified atom stereocenters. The van der Waals surface area contributed by atoms with Crippen LogP contribution in [-0.4, -0.2) is 60.2 Å². The van der Waals surface area contributed by atoms with Crippen molar-refractivity contribution in [3.05, 3.63) is 36.4 Å². The van der Waals surface area contributed by atoms with Gasteiger partial charge in [-0.15, -0.1) is 0 Å². The quantitative estimate of drug-likeness (QED) is 0.641. The molecule has 0 spiro atoms. The Bertz CT molecular complexity index is 1060. The number of carbonyl (C=O) groups is 1. The third-order valence-electron chi connectivity index (χ3n) is 5.48. The standard InChI is InChI=1S/C22H28N2O7S/c1-28-16-5-7-18(20(13-16)31-4)23-22(25)15-9-11-24(12-10-15)32(26,27)21-14-17(29-2)6-8-19(21)30-3/h5-8,13-15H,9-12H2,1-4H3,(H,23,25). The maximum absolute atomic E-state index is 13.2. The van der Waals surface area contributed by atoms with Crippen molar-refractivity contribution in [3.63, 3.8) is 0 Å². The van der Waals surface area contributed by atoms with Crippen LogP contribution >= 0.6 is 0 Å². The first-order chi connectivity index (χ1) is 15.3. The van der Waals surface area contributed by atoms with E-state index in [1.54, 1.807) is 37.4 Å². The third kappa shape index (κ3) is 4.91. The number of amides is 1. The normalized spacial score (nSPS) is 15.1. The number of nitrogens with one attached hydrogen (secondary N) is 1. The largest absolute Gasteiger partial charge is 0.497 e. The van der Waals surface area contributed by atoms with Crippen LogP contribution in [0.3, 0.4) is 0 Å². The number of piperidine rings is 1. The van der Waals surface area contributed by atoms with Crippen molar-refractivity contribution in [2.24, 2.45) is 5.92 Å². The van der Waals surface area contributed by atoms with Gasteiger partial charge in [-0.25, -0.2) is 8.42 Å². The van der Waals surface area contributed by atoms with Gasteiger partial charge in [0.05, 0.1) is 34.1 Å². The fraction of sp³-hybridized carbons (Fsp3) is 0.409. The Morgan fingerprint density at radius 1 is 0.875 bits per heavy atom. The van der Waals surface area contributed by atoms with E-state index < -0.39 is 10.0 Å². The van der Waals surface area contributed by atoms with Crippen LogP contribution in [-0.2, 0) is 14.8 Å². The molecule has 2 aromatic carbocycles. The number of anilines is 1. The molecule has 1 aliphatic rings. The maximum Gasteiger partial charge on any atom is 0.246 e. The van der Waals surface area contributed by atoms with Crippen molar-refractivity contribution in [1.29, 1.82) is 0 Å². The molecule has 32 heavy (non-hydrogen) atoms. The van der Waals surface area contributed by atoms with Gasteiger partial charge in [0.15, 0.2) is 0 Å². The van der Waals surface area contributed by atoms with Crippen molar-refractivity contribution in [2.75, 3.05) is 46.8 Å². The first kappa shape index (κ1) is 23.7. The number of carbonyl (C=O) groups excluding carboxylic acids is 1. The highest BCUT2D eigenvalue weighted by atomic mass is 32.2. The predicted molar refractivity (Wildman–Crippen MR) is 119 cm³/mol. The van der Waals surface area contributed by atoms with E-state index in [1.807, 2.05) is 0 Å². The minimum Gasteiger partial charge on any atom is -0.497 e. The molecule has 1 heterocycles. The van der Waals surface area contributed by atoms with Gasteiger partial charge >= 0.3 is 0 Å². The molecule has 2 aromatic rings. The molecule has 0 aliphatic carbocycles. The van der Waals surface area contributed by atoms with Gasteiger partial charge in [0.2, 0.25) is 15.9 Å². The molecule has 174 valence electrons. The number of rotatable bonds is 8. The van der Waals surface area contributed by atoms with Crippen LogP contribution in [0.4, 0.5) is 5.69 Å². The summed E-state index contributed by atoms with van der Waals surface area (Å²) in [5, 5.41) is 2.88. The fourth-order valence-corrected chi connectivity index (χ4v) is 5.26. The maximum atomic E-state index is 13.2. The Balaban J connectivity index is 1.69. The highest BCUT2D eigenvalue weighted by Crippen LogP contribution is 2.34. The van der Waals surface area contributed by atoms with Gasteiger partial charge in [-0.1, -0.05) is 0 Å². The smallest absolute Gasteiger partial charge is 0.246 e. The van der Waals surface area contributed by atoms with E-state index in [0.717, 1.165) is 0 Å². The second-order valence-corrected chi connectivity index (χ2v) is 9.16. The second kappa shape index (κ2) is 10.1. The highest BCUT2D eigenvalue weighted by molar-refractivity contribution is 7.89. The first-order valence-electron chi connectivity index (χ1n) is 10.1. The average molecular weight is 465 g/mol. The molecule has 1 amide bonds. The summed E-state index contributed by atoms with van der Waals surface area (Å²) in [5.41, 5.74) is 0.537. The van der Waals surface area contributed by atoms with Crippen LogP contribution in [0.25, 0.3) is 0 Å². The summed E-state index contributed by atoms with van der Waals surface area (Å²) in [5.74, 6) is 1.28. The molecular formula is C22H28N2O7S. The number of nitrogens with zero attached hydrogens (tertiary/aromatic N) is 1. The van der Waals surface area contributed by atoms with Crippen LogP contribution in [0.5, 0.6) is 23.0 Å². The van der Waals surface area contributed by atoms with Gasteiger partial charge in [0.1, 0.15) is 27.9 Å². The minimum absolute atomic E-state index is 0.0465. The van der Waals surface area contributed by atoms with E-state index in [2.05, 4.69) is 5.32 Å². The zero-order valence-corrected chi connectivity index (χ0v) is 19.4. The average Bonchev–Trinajstić information content (AvgIpc) is 2.83. The summed E-state index contributed by atoms with van der Waals surface area (Å²) in [6.07, 6.45) is 0.797. The first-order valence-corrected chi connectivity index (χ1v) is 11.5. The highest BCUT2D eigenvalue weighted by Gasteiger charge is 2.34. The summed E-state index contributed by atoms with van der Waals surface area (Å²) in [6.45, 7) is 0.445. The van der Waals surface area contributed by atoms with Gasteiger partial charge < -0.3 is 24.3 Å². The number of hydrogen-bond donors (Lipinski definition) is 1. The zero-order valence-electron chi connectivity index (χ0n) is 18.6. The Labute approximate surface area is 188 Å². The third-order valence-corrected chi connectivity index (χ3v) is 7.40. The molecule has 1 aliphatic heterocycles. The van der Waals surface area contributed by atoms with Crippen LogP contribution < -0.4 is 24.3 Å². The van der Waals surface area contributed by atoms with Gasteiger partial charge in [-0.05, 0) is 37.1 Å². The monoisotopic (exact) mass is 464 g/mol. The Morgan fingerprint density at radius 3 is 2.06 bits per heavy atom. The van der Waals surface area contributed by atoms with Crippen LogP contribution in [0.2, 0.25) is 0 Å². The minimum atomic E-state index is -3.80. The topological polar surface area (TPSA) is 103 Å². The SMILES string of the molecule is COc1ccc(NC(=O)C2CCN(S(=O)(=O)c3cc(OC)ccc3OC)CC2)c(OC)c1. The lowest BCUT2D eigenvalue weighted by atomic mass is 9.97. The lowest BCUT2D eigenvalue weighted by molar-refractivity contribution is -0.120. The summed E-state index contributed by atoms with van der Waals surface area (Å²) >= 11 is 0. The number of methoxy groups -OCH3 is 4. The zero-order chi connectivity index (χ0) is 23.3. The summed E-state index contributed by atoms with van der Waals surface area (Å²) < 4.78 is 48.7. The molecule has 0 bridgehead atoms. The van der Waals surface area contributed by atoms with E-state index in [0.29, 0.717) is 35.8 Å². The molecule has 0 radical (unpaired) electrons. The Morgan fingerprint density at radius 2 is 1.47 bits per heavy atom. The van der Waals surface area contributed by atoms with Crippen molar-refractivity contribution in [1.82, 2.24) is 4.31 Å². The number of hydrogen-bond acceptors (Lipinski definition) is 7. The van der Waals surface area contributed by atoms with E-state index in [9.17, 15) is 13.2 Å². The van der Waals surface area contributed by atoms with Gasteiger partial charge in [0, 0.05) is 31.1 Å². The van der Waals surface area contributed by atoms with Crippen LogP contribution in [0.1, 0.15) is 12.8 Å². The van der Waals surface area contributed by atoms with Crippen molar-refractivity contribution in [2.45, 2.75) is 17.7 Å². The van der Waals surface area contributed by atoms with E-state index in [-0.39, 0.29) is 35.6 Å². The Kier molecular flexibility index (Phi) is 7.47. The molecule has 10 heteroatoms. The van der Waals surface area contributed by atoms with Crippen molar-refractivity contribution in [3.8, 4) is 23.0 Å². The van der Waals surface area contributed by atoms with Crippen molar-refractivity contribution < 1.29 is 32.2 Å². The number of sulfonamides is 1. The molecule has 0 saturated carbocycles. The molecule has 0 aromatic heterocycles. The lowest BCUT2D eigenvalue weighted by Crippen LogP contribution is -2.41. The molecule has 3 rings (SSSR count). The molecular weight excluding hydrogens is 436 g/mol. The van der Waals surface area contributed by atoms with Gasteiger partial charge in [-0.3, -0.25) is 4.79 Å². The Hall–Kier alpha value is -2.98.